The number of aliphatic hydroxyl groups is 2. The predicted octanol–water partition coefficient (Wildman–Crippen LogP) is 2.06. The summed E-state index contributed by atoms with van der Waals surface area (Å²) in [7, 11) is 0. The van der Waals surface area contributed by atoms with Crippen LogP contribution in [0.5, 0.6) is 0 Å². The van der Waals surface area contributed by atoms with Gasteiger partial charge >= 0.3 is 0 Å². The highest BCUT2D eigenvalue weighted by Crippen LogP contribution is 2.19. The third-order valence-corrected chi connectivity index (χ3v) is 2.43. The van der Waals surface area contributed by atoms with Crippen molar-refractivity contribution >= 4 is 0 Å². The number of benzene rings is 1. The van der Waals surface area contributed by atoms with Crippen molar-refractivity contribution in [2.24, 2.45) is 0 Å². The lowest BCUT2D eigenvalue weighted by Gasteiger charge is -2.19. The van der Waals surface area contributed by atoms with E-state index in [4.69, 9.17) is 0 Å². The zero-order valence-corrected chi connectivity index (χ0v) is 9.61. The Morgan fingerprint density at radius 2 is 1.94 bits per heavy atom. The van der Waals surface area contributed by atoms with E-state index in [-0.39, 0.29) is 6.61 Å². The number of hydrogen-bond acceptors (Lipinski definition) is 2. The summed E-state index contributed by atoms with van der Waals surface area (Å²) in [5.74, 6) is 5.67. The van der Waals surface area contributed by atoms with Crippen LogP contribution in [0.3, 0.4) is 0 Å². The molecule has 16 heavy (non-hydrogen) atoms. The van der Waals surface area contributed by atoms with E-state index in [1.54, 1.807) is 12.1 Å². The molecule has 0 radical (unpaired) electrons. The molecule has 2 heteroatoms. The van der Waals surface area contributed by atoms with E-state index in [1.807, 2.05) is 18.2 Å². The Balaban J connectivity index is 2.80. The van der Waals surface area contributed by atoms with Crippen molar-refractivity contribution in [3.05, 3.63) is 35.9 Å². The van der Waals surface area contributed by atoms with Crippen LogP contribution in [0, 0.1) is 11.8 Å². The van der Waals surface area contributed by atoms with Crippen LogP contribution in [0.1, 0.15) is 31.7 Å². The van der Waals surface area contributed by atoms with Gasteiger partial charge in [0.25, 0.3) is 0 Å². The van der Waals surface area contributed by atoms with Gasteiger partial charge < -0.3 is 10.2 Å². The molecule has 0 heterocycles. The van der Waals surface area contributed by atoms with Crippen LogP contribution in [0.4, 0.5) is 0 Å². The smallest absolute Gasteiger partial charge is 0.174 e. The fourth-order valence-electron chi connectivity index (χ4n) is 1.39. The lowest BCUT2D eigenvalue weighted by Crippen LogP contribution is -2.28. The summed E-state index contributed by atoms with van der Waals surface area (Å²) in [4.78, 5) is 0. The summed E-state index contributed by atoms with van der Waals surface area (Å²) in [5.41, 5.74) is -0.781. The average molecular weight is 218 g/mol. The minimum absolute atomic E-state index is 0.379. The van der Waals surface area contributed by atoms with Gasteiger partial charge in [0.15, 0.2) is 5.60 Å². The maximum absolute atomic E-state index is 10.2. The monoisotopic (exact) mass is 218 g/mol. The van der Waals surface area contributed by atoms with Crippen LogP contribution < -0.4 is 0 Å². The van der Waals surface area contributed by atoms with Gasteiger partial charge in [0.1, 0.15) is 0 Å². The third kappa shape index (κ3) is 3.37. The summed E-state index contributed by atoms with van der Waals surface area (Å²) in [6.07, 6.45) is 2.85. The van der Waals surface area contributed by atoms with E-state index < -0.39 is 5.60 Å². The molecule has 1 aromatic rings. The van der Waals surface area contributed by atoms with E-state index in [0.717, 1.165) is 19.3 Å². The molecule has 0 bridgehead atoms. The minimum Gasteiger partial charge on any atom is -0.392 e. The molecule has 1 rings (SSSR count). The number of unbranched alkanes of at least 4 members (excludes halogenated alkanes) is 2. The van der Waals surface area contributed by atoms with Gasteiger partial charge in [-0.1, -0.05) is 55.5 Å². The maximum atomic E-state index is 10.2. The molecule has 0 spiro atoms. The van der Waals surface area contributed by atoms with Gasteiger partial charge in [-0.05, 0) is 12.0 Å². The zero-order chi connectivity index (χ0) is 11.9. The Morgan fingerprint density at radius 1 is 1.25 bits per heavy atom. The van der Waals surface area contributed by atoms with E-state index >= 15 is 0 Å². The fraction of sp³-hybridized carbons (Fsp3) is 0.429. The number of hydrogen-bond donors (Lipinski definition) is 2. The highest BCUT2D eigenvalue weighted by atomic mass is 16.3. The lowest BCUT2D eigenvalue weighted by molar-refractivity contribution is 0.0328. The van der Waals surface area contributed by atoms with Gasteiger partial charge in [-0.15, -0.1) is 0 Å². The van der Waals surface area contributed by atoms with Gasteiger partial charge in [-0.25, -0.2) is 0 Å². The van der Waals surface area contributed by atoms with Crippen molar-refractivity contribution in [3.8, 4) is 11.8 Å². The van der Waals surface area contributed by atoms with Gasteiger partial charge in [-0.3, -0.25) is 0 Å². The molecule has 0 aromatic heterocycles. The molecule has 0 fully saturated rings. The Morgan fingerprint density at radius 3 is 2.50 bits per heavy atom. The summed E-state index contributed by atoms with van der Waals surface area (Å²) in [6, 6.07) is 9.05. The topological polar surface area (TPSA) is 40.5 Å². The van der Waals surface area contributed by atoms with Crippen LogP contribution in [0.2, 0.25) is 0 Å². The first-order chi connectivity index (χ1) is 7.73. The molecule has 1 aromatic carbocycles. The SMILES string of the molecule is CCCCC#CC(O)(CO)c1ccccc1. The second kappa shape index (κ2) is 6.32. The lowest BCUT2D eigenvalue weighted by atomic mass is 9.95. The molecule has 0 aliphatic heterocycles. The van der Waals surface area contributed by atoms with Crippen LogP contribution >= 0.6 is 0 Å². The zero-order valence-electron chi connectivity index (χ0n) is 9.61. The molecule has 1 atom stereocenters. The molecule has 0 saturated carbocycles. The summed E-state index contributed by atoms with van der Waals surface area (Å²) in [5, 5.41) is 19.4. The molecule has 86 valence electrons. The summed E-state index contributed by atoms with van der Waals surface area (Å²) in [6.45, 7) is 1.72. The highest BCUT2D eigenvalue weighted by Gasteiger charge is 2.25. The number of rotatable bonds is 4. The molecule has 2 nitrogen and oxygen atoms in total. The highest BCUT2D eigenvalue weighted by molar-refractivity contribution is 5.31. The van der Waals surface area contributed by atoms with Gasteiger partial charge in [-0.2, -0.15) is 0 Å². The van der Waals surface area contributed by atoms with Crippen molar-refractivity contribution in [2.75, 3.05) is 6.61 Å². The van der Waals surface area contributed by atoms with Gasteiger partial charge in [0, 0.05) is 6.42 Å². The summed E-state index contributed by atoms with van der Waals surface area (Å²) >= 11 is 0. The van der Waals surface area contributed by atoms with Crippen LogP contribution in [-0.4, -0.2) is 16.8 Å². The van der Waals surface area contributed by atoms with Crippen LogP contribution in [-0.2, 0) is 5.60 Å². The van der Waals surface area contributed by atoms with Crippen molar-refractivity contribution in [1.29, 1.82) is 0 Å². The average Bonchev–Trinajstić information content (AvgIpc) is 2.35. The van der Waals surface area contributed by atoms with Crippen molar-refractivity contribution in [2.45, 2.75) is 31.8 Å². The molecule has 0 aliphatic rings. The first-order valence-corrected chi connectivity index (χ1v) is 5.61. The van der Waals surface area contributed by atoms with Crippen LogP contribution in [0.25, 0.3) is 0 Å². The van der Waals surface area contributed by atoms with Gasteiger partial charge in [0.05, 0.1) is 6.61 Å². The normalized spacial score (nSPS) is 13.7. The number of aliphatic hydroxyl groups excluding tert-OH is 1. The second-order valence-electron chi connectivity index (χ2n) is 3.79. The second-order valence-corrected chi connectivity index (χ2v) is 3.79. The standard InChI is InChI=1S/C14H18O2/c1-2-3-4-8-11-14(16,12-15)13-9-6-5-7-10-13/h5-7,9-10,15-16H,2-4,12H2,1H3. The third-order valence-electron chi connectivity index (χ3n) is 2.43. The molecular formula is C14H18O2. The van der Waals surface area contributed by atoms with E-state index in [9.17, 15) is 10.2 Å². The Bertz CT molecular complexity index is 361. The Hall–Kier alpha value is -1.30. The Labute approximate surface area is 96.9 Å². The van der Waals surface area contributed by atoms with Crippen molar-refractivity contribution < 1.29 is 10.2 Å². The summed E-state index contributed by atoms with van der Waals surface area (Å²) < 4.78 is 0. The van der Waals surface area contributed by atoms with Crippen LogP contribution in [0.15, 0.2) is 30.3 Å². The molecule has 0 aliphatic carbocycles. The maximum Gasteiger partial charge on any atom is 0.174 e. The molecule has 0 saturated heterocycles. The molecule has 0 amide bonds. The first kappa shape index (κ1) is 12.8. The fourth-order valence-corrected chi connectivity index (χ4v) is 1.39. The minimum atomic E-state index is -1.42. The molecular weight excluding hydrogens is 200 g/mol. The van der Waals surface area contributed by atoms with E-state index in [2.05, 4.69) is 18.8 Å². The quantitative estimate of drug-likeness (QED) is 0.600. The van der Waals surface area contributed by atoms with Crippen molar-refractivity contribution in [3.63, 3.8) is 0 Å². The van der Waals surface area contributed by atoms with E-state index in [1.165, 1.54) is 0 Å². The largest absolute Gasteiger partial charge is 0.392 e. The van der Waals surface area contributed by atoms with E-state index in [0.29, 0.717) is 5.56 Å². The first-order valence-electron chi connectivity index (χ1n) is 5.61. The van der Waals surface area contributed by atoms with Crippen molar-refractivity contribution in [1.82, 2.24) is 0 Å². The predicted molar refractivity (Wildman–Crippen MR) is 64.7 cm³/mol. The molecule has 2 N–H and O–H groups in total. The molecule has 1 unspecified atom stereocenters. The van der Waals surface area contributed by atoms with Gasteiger partial charge in [0.2, 0.25) is 0 Å². The Kier molecular flexibility index (Phi) is 5.04.